The summed E-state index contributed by atoms with van der Waals surface area (Å²) in [5, 5.41) is 0. The zero-order valence-corrected chi connectivity index (χ0v) is 18.7. The average Bonchev–Trinajstić information content (AvgIpc) is 2.58. The van der Waals surface area contributed by atoms with Crippen molar-refractivity contribution in [2.75, 3.05) is 13.2 Å². The number of esters is 2. The van der Waals surface area contributed by atoms with Gasteiger partial charge in [0.15, 0.2) is 0 Å². The summed E-state index contributed by atoms with van der Waals surface area (Å²) in [6.45, 7) is 5.21. The van der Waals surface area contributed by atoms with Crippen LogP contribution in [0.5, 0.6) is 0 Å². The molecule has 0 saturated heterocycles. The minimum atomic E-state index is -0.472. The van der Waals surface area contributed by atoms with Gasteiger partial charge in [-0.1, -0.05) is 78.1 Å². The Balaban J connectivity index is -0.00000264. The van der Waals surface area contributed by atoms with Crippen LogP contribution < -0.4 is 29.6 Å². The molecule has 25 heavy (non-hydrogen) atoms. The maximum atomic E-state index is 11.4. The topological polar surface area (TPSA) is 52.6 Å². The Hall–Kier alpha value is -0.320. The third-order valence-corrected chi connectivity index (χ3v) is 3.84. The van der Waals surface area contributed by atoms with Crippen molar-refractivity contribution in [2.24, 2.45) is 0 Å². The van der Waals surface area contributed by atoms with Crippen molar-refractivity contribution in [2.45, 2.75) is 90.9 Å². The second kappa shape index (κ2) is 21.7. The Bertz CT molecular complexity index is 317. The van der Waals surface area contributed by atoms with E-state index in [9.17, 15) is 9.59 Å². The molecule has 0 fully saturated rings. The molecule has 0 amide bonds. The van der Waals surface area contributed by atoms with Crippen LogP contribution in [0.25, 0.3) is 0 Å². The molecule has 0 unspecified atom stereocenters. The first kappa shape index (κ1) is 26.9. The fraction of sp³-hybridized carbons (Fsp3) is 0.800. The molecule has 142 valence electrons. The van der Waals surface area contributed by atoms with E-state index in [4.69, 9.17) is 9.47 Å². The van der Waals surface area contributed by atoms with E-state index in [0.29, 0.717) is 13.2 Å². The molecule has 0 N–H and O–H groups in total. The Morgan fingerprint density at radius 3 is 1.32 bits per heavy atom. The number of carbonyl (C=O) groups excluding carboxylic acids is 2. The third-order valence-electron chi connectivity index (χ3n) is 3.84. The zero-order chi connectivity index (χ0) is 17.9. The molecule has 0 aromatic rings. The van der Waals surface area contributed by atoms with E-state index < -0.39 is 11.9 Å². The maximum absolute atomic E-state index is 11.4. The van der Waals surface area contributed by atoms with Gasteiger partial charge in [-0.3, -0.25) is 0 Å². The fourth-order valence-corrected chi connectivity index (χ4v) is 2.34. The van der Waals surface area contributed by atoms with Gasteiger partial charge in [0.2, 0.25) is 0 Å². The normalized spacial score (nSPS) is 10.5. The Labute approximate surface area is 177 Å². The molecule has 4 nitrogen and oxygen atoms in total. The van der Waals surface area contributed by atoms with Crippen LogP contribution in [0.3, 0.4) is 0 Å². The van der Waals surface area contributed by atoms with Crippen LogP contribution >= 0.6 is 0 Å². The van der Waals surface area contributed by atoms with Crippen molar-refractivity contribution in [1.29, 1.82) is 0 Å². The summed E-state index contributed by atoms with van der Waals surface area (Å²) < 4.78 is 10.1. The monoisotopic (exact) mass is 364 g/mol. The van der Waals surface area contributed by atoms with Gasteiger partial charge in [0, 0.05) is 12.2 Å². The van der Waals surface area contributed by atoms with Crippen molar-refractivity contribution < 1.29 is 50.0 Å². The van der Waals surface area contributed by atoms with Crippen molar-refractivity contribution in [3.8, 4) is 0 Å². The van der Waals surface area contributed by atoms with E-state index in [1.165, 1.54) is 51.4 Å². The van der Waals surface area contributed by atoms with E-state index in [1.807, 2.05) is 0 Å². The second-order valence-corrected chi connectivity index (χ2v) is 6.20. The van der Waals surface area contributed by atoms with Crippen LogP contribution in [-0.4, -0.2) is 25.2 Å². The molecule has 0 bridgehead atoms. The van der Waals surface area contributed by atoms with Crippen LogP contribution in [0.4, 0.5) is 0 Å². The maximum Gasteiger partial charge on any atom is 1.00 e. The van der Waals surface area contributed by atoms with Crippen molar-refractivity contribution in [1.82, 2.24) is 0 Å². The number of rotatable bonds is 16. The predicted octanol–water partition coefficient (Wildman–Crippen LogP) is 2.47. The van der Waals surface area contributed by atoms with Crippen LogP contribution in [0.2, 0.25) is 0 Å². The van der Waals surface area contributed by atoms with Gasteiger partial charge in [-0.15, -0.1) is 0 Å². The first-order chi connectivity index (χ1) is 11.7. The van der Waals surface area contributed by atoms with Crippen molar-refractivity contribution in [3.63, 3.8) is 0 Å². The summed E-state index contributed by atoms with van der Waals surface area (Å²) in [4.78, 5) is 22.9. The largest absolute Gasteiger partial charge is 1.00 e. The van der Waals surface area contributed by atoms with E-state index in [-0.39, 0.29) is 31.0 Å². The molecule has 0 spiro atoms. The smallest absolute Gasteiger partial charge is 1.00 e. The van der Waals surface area contributed by atoms with Crippen molar-refractivity contribution in [3.05, 3.63) is 12.2 Å². The standard InChI is InChI=1S/C20H36O4.Na.H/c1-3-5-7-9-11-13-17-23-19(21)15-16-20(22)24-18-14-12-10-8-6-4-2;;/h15-16H,3-14,17-18H2,1-2H3;;/q;+1;-1/b16-15-;;. The Morgan fingerprint density at radius 2 is 0.960 bits per heavy atom. The zero-order valence-electron chi connectivity index (χ0n) is 17.7. The summed E-state index contributed by atoms with van der Waals surface area (Å²) in [6.07, 6.45) is 16.1. The van der Waals surface area contributed by atoms with Gasteiger partial charge in [-0.05, 0) is 12.8 Å². The molecular weight excluding hydrogens is 327 g/mol. The number of hydrogen-bond donors (Lipinski definition) is 0. The van der Waals surface area contributed by atoms with Crippen LogP contribution in [0.15, 0.2) is 12.2 Å². The van der Waals surface area contributed by atoms with Crippen LogP contribution in [0, 0.1) is 0 Å². The van der Waals surface area contributed by atoms with Gasteiger partial charge in [-0.25, -0.2) is 9.59 Å². The first-order valence-corrected chi connectivity index (χ1v) is 9.72. The number of carbonyl (C=O) groups is 2. The third kappa shape index (κ3) is 21.6. The van der Waals surface area contributed by atoms with Gasteiger partial charge in [0.25, 0.3) is 0 Å². The molecule has 0 rings (SSSR count). The molecule has 0 aromatic carbocycles. The van der Waals surface area contributed by atoms with Crippen molar-refractivity contribution >= 4 is 11.9 Å². The average molecular weight is 365 g/mol. The summed E-state index contributed by atoms with van der Waals surface area (Å²) in [5.41, 5.74) is 0. The summed E-state index contributed by atoms with van der Waals surface area (Å²) in [6, 6.07) is 0. The molecule has 0 atom stereocenters. The molecule has 0 radical (unpaired) electrons. The minimum Gasteiger partial charge on any atom is -1.00 e. The first-order valence-electron chi connectivity index (χ1n) is 9.72. The van der Waals surface area contributed by atoms with E-state index in [0.717, 1.165) is 37.8 Å². The Kier molecular flexibility index (Phi) is 23.4. The summed E-state index contributed by atoms with van der Waals surface area (Å²) in [5.74, 6) is -0.944. The molecule has 0 saturated carbocycles. The van der Waals surface area contributed by atoms with E-state index >= 15 is 0 Å². The molecule has 0 heterocycles. The molecular formula is C20H37NaO4. The molecule has 0 aliphatic carbocycles. The fourth-order valence-electron chi connectivity index (χ4n) is 2.34. The Morgan fingerprint density at radius 1 is 0.640 bits per heavy atom. The van der Waals surface area contributed by atoms with Gasteiger partial charge in [0.1, 0.15) is 0 Å². The number of hydrogen-bond acceptors (Lipinski definition) is 4. The molecule has 0 aromatic heterocycles. The van der Waals surface area contributed by atoms with E-state index in [1.54, 1.807) is 0 Å². The molecule has 0 aliphatic rings. The minimum absolute atomic E-state index is 0. The van der Waals surface area contributed by atoms with Gasteiger partial charge in [-0.2, -0.15) is 0 Å². The number of unbranched alkanes of at least 4 members (excludes halogenated alkanes) is 10. The molecule has 0 aliphatic heterocycles. The van der Waals surface area contributed by atoms with Gasteiger partial charge in [0.05, 0.1) is 13.2 Å². The molecule has 5 heteroatoms. The van der Waals surface area contributed by atoms with Gasteiger partial charge < -0.3 is 10.9 Å². The quantitative estimate of drug-likeness (QED) is 0.183. The predicted molar refractivity (Wildman–Crippen MR) is 98.9 cm³/mol. The summed E-state index contributed by atoms with van der Waals surface area (Å²) in [7, 11) is 0. The second-order valence-electron chi connectivity index (χ2n) is 6.20. The number of ether oxygens (including phenoxy) is 2. The van der Waals surface area contributed by atoms with Crippen LogP contribution in [-0.2, 0) is 19.1 Å². The van der Waals surface area contributed by atoms with Gasteiger partial charge >= 0.3 is 41.5 Å². The SMILES string of the molecule is CCCCCCCCOC(=O)/C=C\C(=O)OCCCCCCCC.[H-].[Na+]. The summed E-state index contributed by atoms with van der Waals surface area (Å²) >= 11 is 0. The van der Waals surface area contributed by atoms with Crippen LogP contribution in [0.1, 0.15) is 92.3 Å². The van der Waals surface area contributed by atoms with E-state index in [2.05, 4.69) is 13.8 Å².